The molecule has 1 aliphatic carbocycles. The molecule has 2 aliphatic rings. The zero-order valence-electron chi connectivity index (χ0n) is 19.3. The normalized spacial score (nSPS) is 20.0. The molecule has 1 aromatic heterocycles. The molecule has 0 unspecified atom stereocenters. The van der Waals surface area contributed by atoms with Crippen molar-refractivity contribution >= 4 is 12.0 Å². The molecule has 2 atom stereocenters. The Bertz CT molecular complexity index is 1120. The van der Waals surface area contributed by atoms with Crippen molar-refractivity contribution in [3.63, 3.8) is 0 Å². The topological polar surface area (TPSA) is 118 Å². The average molecular weight is 471 g/mol. The van der Waals surface area contributed by atoms with Crippen molar-refractivity contribution in [1.82, 2.24) is 15.2 Å². The number of likely N-dealkylation sites (tertiary alicyclic amines) is 1. The molecule has 1 N–H and O–H groups in total. The van der Waals surface area contributed by atoms with Crippen LogP contribution in [0.1, 0.15) is 56.3 Å². The van der Waals surface area contributed by atoms with Crippen molar-refractivity contribution in [1.29, 1.82) is 5.26 Å². The van der Waals surface area contributed by atoms with Crippen LogP contribution < -0.4 is 10.1 Å². The van der Waals surface area contributed by atoms with Gasteiger partial charge in [0.15, 0.2) is 5.76 Å². The van der Waals surface area contributed by atoms with E-state index in [0.29, 0.717) is 22.6 Å². The Labute approximate surface area is 196 Å². The molecule has 0 bridgehead atoms. The lowest BCUT2D eigenvalue weighted by molar-refractivity contribution is 0.0204. The minimum Gasteiger partial charge on any atom is -0.490 e. The summed E-state index contributed by atoms with van der Waals surface area (Å²) >= 11 is 0. The third kappa shape index (κ3) is 5.47. The molecule has 1 saturated carbocycles. The number of carbonyl (C=O) groups is 2. The second-order valence-electron chi connectivity index (χ2n) is 9.52. The number of nitrogens with zero attached hydrogens (tertiary/aromatic N) is 3. The van der Waals surface area contributed by atoms with Crippen LogP contribution in [0.25, 0.3) is 11.3 Å². The van der Waals surface area contributed by atoms with Gasteiger partial charge in [0.05, 0.1) is 35.5 Å². The van der Waals surface area contributed by atoms with E-state index in [9.17, 15) is 19.2 Å². The van der Waals surface area contributed by atoms with Crippen LogP contribution >= 0.6 is 0 Å². The maximum absolute atomic E-state index is 13.5. The molecule has 0 radical (unpaired) electrons. The number of aromatic nitrogens is 1. The van der Waals surface area contributed by atoms with Crippen LogP contribution in [0, 0.1) is 11.3 Å². The first-order valence-electron chi connectivity index (χ1n) is 11.2. The van der Waals surface area contributed by atoms with Crippen LogP contribution in [0.4, 0.5) is 9.18 Å². The molecular weight excluding hydrogens is 443 g/mol. The number of halogens is 1. The van der Waals surface area contributed by atoms with Gasteiger partial charge < -0.3 is 24.1 Å². The number of benzene rings is 1. The quantitative estimate of drug-likeness (QED) is 0.682. The predicted octanol–water partition coefficient (Wildman–Crippen LogP) is 3.83. The minimum absolute atomic E-state index is 0.117. The van der Waals surface area contributed by atoms with Gasteiger partial charge in [-0.1, -0.05) is 0 Å². The van der Waals surface area contributed by atoms with Crippen molar-refractivity contribution < 1.29 is 27.9 Å². The van der Waals surface area contributed by atoms with Crippen LogP contribution in [0.2, 0.25) is 0 Å². The summed E-state index contributed by atoms with van der Waals surface area (Å²) in [5, 5.41) is 12.0. The maximum atomic E-state index is 13.5. The van der Waals surface area contributed by atoms with Crippen molar-refractivity contribution in [3.8, 4) is 23.1 Å². The summed E-state index contributed by atoms with van der Waals surface area (Å²) in [5.41, 5.74) is 0.247. The number of rotatable bonds is 6. The lowest BCUT2D eigenvalue weighted by atomic mass is 10.1. The second kappa shape index (κ2) is 9.33. The Kier molecular flexibility index (Phi) is 6.46. The lowest BCUT2D eigenvalue weighted by Crippen LogP contribution is -2.42. The monoisotopic (exact) mass is 470 g/mol. The van der Waals surface area contributed by atoms with Crippen molar-refractivity contribution in [3.05, 3.63) is 35.9 Å². The third-order valence-corrected chi connectivity index (χ3v) is 5.45. The molecule has 2 amide bonds. The van der Waals surface area contributed by atoms with E-state index in [0.717, 1.165) is 12.8 Å². The Morgan fingerprint density at radius 2 is 2.12 bits per heavy atom. The number of hydrogen-bond donors (Lipinski definition) is 1. The van der Waals surface area contributed by atoms with E-state index in [1.54, 1.807) is 39.0 Å². The average Bonchev–Trinajstić information content (AvgIpc) is 3.30. The Morgan fingerprint density at radius 1 is 1.35 bits per heavy atom. The molecule has 4 rings (SSSR count). The highest BCUT2D eigenvalue weighted by Crippen LogP contribution is 2.36. The number of alkyl halides is 1. The summed E-state index contributed by atoms with van der Waals surface area (Å²) in [4.78, 5) is 30.5. The van der Waals surface area contributed by atoms with E-state index in [4.69, 9.17) is 13.9 Å². The van der Waals surface area contributed by atoms with Crippen molar-refractivity contribution in [2.75, 3.05) is 13.2 Å². The smallest absolute Gasteiger partial charge is 0.410 e. The number of hydrogen-bond acceptors (Lipinski definition) is 7. The van der Waals surface area contributed by atoms with E-state index < -0.39 is 36.4 Å². The number of nitrogens with one attached hydrogen (secondary N) is 1. The van der Waals surface area contributed by atoms with E-state index in [-0.39, 0.29) is 25.0 Å². The first kappa shape index (κ1) is 23.5. The van der Waals surface area contributed by atoms with E-state index in [2.05, 4.69) is 16.4 Å². The van der Waals surface area contributed by atoms with Gasteiger partial charge in [-0.2, -0.15) is 5.26 Å². The first-order chi connectivity index (χ1) is 16.2. The summed E-state index contributed by atoms with van der Waals surface area (Å²) in [7, 11) is 0. The zero-order valence-corrected chi connectivity index (χ0v) is 19.3. The largest absolute Gasteiger partial charge is 0.490 e. The van der Waals surface area contributed by atoms with Gasteiger partial charge in [-0.15, -0.1) is 0 Å². The molecule has 1 saturated heterocycles. The minimum atomic E-state index is -0.742. The number of carbonyl (C=O) groups excluding carboxylic acids is 2. The van der Waals surface area contributed by atoms with Gasteiger partial charge in [0.1, 0.15) is 18.0 Å². The highest BCUT2D eigenvalue weighted by atomic mass is 19.1. The molecule has 1 aliphatic heterocycles. The van der Waals surface area contributed by atoms with Gasteiger partial charge >= 0.3 is 12.0 Å². The maximum Gasteiger partial charge on any atom is 0.410 e. The lowest BCUT2D eigenvalue weighted by Gasteiger charge is -2.27. The van der Waals surface area contributed by atoms with Gasteiger partial charge in [-0.25, -0.2) is 14.2 Å². The summed E-state index contributed by atoms with van der Waals surface area (Å²) in [5.74, 6) is 0.0868. The van der Waals surface area contributed by atoms with Crippen LogP contribution in [-0.4, -0.2) is 58.9 Å². The summed E-state index contributed by atoms with van der Waals surface area (Å²) in [6, 6.07) is 5.90. The van der Waals surface area contributed by atoms with E-state index in [1.807, 2.05) is 0 Å². The number of amides is 2. The van der Waals surface area contributed by atoms with Gasteiger partial charge in [0.25, 0.3) is 5.89 Å². The fourth-order valence-corrected chi connectivity index (χ4v) is 3.72. The molecule has 1 aromatic carbocycles. The molecule has 34 heavy (non-hydrogen) atoms. The zero-order chi connectivity index (χ0) is 24.5. The third-order valence-electron chi connectivity index (χ3n) is 5.45. The van der Waals surface area contributed by atoms with E-state index >= 15 is 0 Å². The predicted molar refractivity (Wildman–Crippen MR) is 119 cm³/mol. The van der Waals surface area contributed by atoms with Crippen LogP contribution in [0.3, 0.4) is 0 Å². The first-order valence-corrected chi connectivity index (χ1v) is 11.2. The molecule has 0 spiro atoms. The SMILES string of the molecule is CC(C)(C)OC(=O)N1C[C@H](NC(=O)c2ncc(-c3cc(C#N)ccc3OC3CC3)o2)C[C@H]1CF. The Hall–Kier alpha value is -3.61. The molecule has 2 heterocycles. The molecular formula is C24H27FN4O5. The van der Waals surface area contributed by atoms with Crippen molar-refractivity contribution in [2.45, 2.75) is 63.8 Å². The van der Waals surface area contributed by atoms with E-state index in [1.165, 1.54) is 11.1 Å². The van der Waals surface area contributed by atoms with Gasteiger partial charge in [0, 0.05) is 12.6 Å². The standard InChI is InChI=1S/C24H27FN4O5/c1-24(2,3)34-23(31)29-13-15(9-16(29)10-25)28-21(30)22-27-12-20(33-22)18-8-14(11-26)4-7-19(18)32-17-5-6-17/h4,7-8,12,15-17H,5-6,9-10,13H2,1-3H3,(H,28,30)/t15-,16+/m1/s1. The van der Waals surface area contributed by atoms with Crippen LogP contribution in [0.15, 0.2) is 28.8 Å². The Morgan fingerprint density at radius 3 is 2.76 bits per heavy atom. The number of nitriles is 1. The highest BCUT2D eigenvalue weighted by molar-refractivity contribution is 5.90. The Balaban J connectivity index is 1.45. The van der Waals surface area contributed by atoms with Gasteiger partial charge in [0.2, 0.25) is 0 Å². The molecule has 10 heteroatoms. The highest BCUT2D eigenvalue weighted by Gasteiger charge is 2.38. The van der Waals surface area contributed by atoms with Crippen LogP contribution in [0.5, 0.6) is 5.75 Å². The van der Waals surface area contributed by atoms with Gasteiger partial charge in [-0.3, -0.25) is 4.79 Å². The number of oxazole rings is 1. The molecule has 2 fully saturated rings. The fourth-order valence-electron chi connectivity index (χ4n) is 3.72. The molecule has 2 aromatic rings. The number of ether oxygens (including phenoxy) is 2. The molecule has 9 nitrogen and oxygen atoms in total. The summed E-state index contributed by atoms with van der Waals surface area (Å²) < 4.78 is 30.5. The summed E-state index contributed by atoms with van der Waals surface area (Å²) in [6.45, 7) is 4.58. The fraction of sp³-hybridized carbons (Fsp3) is 0.500. The summed E-state index contributed by atoms with van der Waals surface area (Å²) in [6.07, 6.45) is 3.09. The van der Waals surface area contributed by atoms with Crippen molar-refractivity contribution in [2.24, 2.45) is 0 Å². The van der Waals surface area contributed by atoms with Crippen LogP contribution in [-0.2, 0) is 4.74 Å². The molecule has 180 valence electrons. The van der Waals surface area contributed by atoms with Gasteiger partial charge in [-0.05, 0) is 58.2 Å². The second-order valence-corrected chi connectivity index (χ2v) is 9.52.